The second-order valence-corrected chi connectivity index (χ2v) is 10.2. The average Bonchev–Trinajstić information content (AvgIpc) is 2.90. The maximum Gasteiger partial charge on any atom is 0.407 e. The van der Waals surface area contributed by atoms with Gasteiger partial charge >= 0.3 is 6.09 Å². The molecule has 0 saturated carbocycles. The van der Waals surface area contributed by atoms with E-state index in [9.17, 15) is 19.5 Å². The number of aryl methyl sites for hydroxylation is 1. The van der Waals surface area contributed by atoms with Crippen molar-refractivity contribution in [1.82, 2.24) is 16.0 Å². The number of benzene rings is 2. The quantitative estimate of drug-likeness (QED) is 0.239. The fourth-order valence-electron chi connectivity index (χ4n) is 3.88. The molecule has 0 aliphatic rings. The molecule has 0 heterocycles. The number of ether oxygens (including phenoxy) is 2. The van der Waals surface area contributed by atoms with E-state index in [1.165, 1.54) is 5.56 Å². The fraction of sp³-hybridized carbons (Fsp3) is 0.500. The molecule has 0 aliphatic carbocycles. The van der Waals surface area contributed by atoms with Crippen molar-refractivity contribution in [2.75, 3.05) is 13.2 Å². The van der Waals surface area contributed by atoms with Gasteiger partial charge in [0.05, 0.1) is 18.8 Å². The number of carbonyl (C=O) groups is 3. The van der Waals surface area contributed by atoms with Gasteiger partial charge < -0.3 is 30.5 Å². The smallest absolute Gasteiger partial charge is 0.407 e. The van der Waals surface area contributed by atoms with Crippen LogP contribution in [0.15, 0.2) is 54.6 Å². The number of aliphatic hydroxyl groups is 1. The van der Waals surface area contributed by atoms with Crippen molar-refractivity contribution in [2.24, 2.45) is 5.92 Å². The molecule has 0 aliphatic heterocycles. The Bertz CT molecular complexity index is 1010. The summed E-state index contributed by atoms with van der Waals surface area (Å²) in [5.41, 5.74) is 2.00. The lowest BCUT2D eigenvalue weighted by atomic mass is 10.0. The van der Waals surface area contributed by atoms with Crippen LogP contribution >= 0.6 is 0 Å². The van der Waals surface area contributed by atoms with Gasteiger partial charge in [0.15, 0.2) is 0 Å². The van der Waals surface area contributed by atoms with E-state index in [1.807, 2.05) is 75.4 Å². The summed E-state index contributed by atoms with van der Waals surface area (Å²) in [4.78, 5) is 37.5. The van der Waals surface area contributed by atoms with Gasteiger partial charge in [-0.15, -0.1) is 0 Å². The molecule has 4 N–H and O–H groups in total. The summed E-state index contributed by atoms with van der Waals surface area (Å²) in [6.45, 7) is 7.86. The van der Waals surface area contributed by atoms with E-state index < -0.39 is 30.2 Å². The van der Waals surface area contributed by atoms with Crippen LogP contribution in [0.1, 0.15) is 57.6 Å². The normalized spacial score (nSPS) is 13.2. The molecule has 0 saturated heterocycles. The molecule has 2 rings (SSSR count). The molecule has 9 nitrogen and oxygen atoms in total. The zero-order valence-corrected chi connectivity index (χ0v) is 23.4. The number of hydrogen-bond donors (Lipinski definition) is 4. The molecule has 39 heavy (non-hydrogen) atoms. The first-order valence-electron chi connectivity index (χ1n) is 13.6. The molecule has 9 heteroatoms. The van der Waals surface area contributed by atoms with Crippen LogP contribution in [0.3, 0.4) is 0 Å². The number of hydrogen-bond acceptors (Lipinski definition) is 6. The molecule has 3 amide bonds. The second kappa shape index (κ2) is 17.1. The van der Waals surface area contributed by atoms with Crippen LogP contribution in [0.2, 0.25) is 0 Å². The molecule has 0 radical (unpaired) electrons. The first kappa shape index (κ1) is 31.6. The summed E-state index contributed by atoms with van der Waals surface area (Å²) in [6, 6.07) is 15.8. The van der Waals surface area contributed by atoms with Gasteiger partial charge in [-0.3, -0.25) is 9.59 Å². The fourth-order valence-corrected chi connectivity index (χ4v) is 3.88. The SMILES string of the molecule is Cc1ccc(OCCCC[C@H](NC(=O)[C@H](CC(C)C)NC(=O)CNC(=O)OCc2ccccc2)C(C)O)cc1. The topological polar surface area (TPSA) is 126 Å². The van der Waals surface area contributed by atoms with Gasteiger partial charge in [-0.1, -0.05) is 61.9 Å². The highest BCUT2D eigenvalue weighted by atomic mass is 16.5. The van der Waals surface area contributed by atoms with Crippen LogP contribution in [0.4, 0.5) is 4.79 Å². The van der Waals surface area contributed by atoms with Crippen molar-refractivity contribution in [3.8, 4) is 5.75 Å². The summed E-state index contributed by atoms with van der Waals surface area (Å²) >= 11 is 0. The number of nitrogens with one attached hydrogen (secondary N) is 3. The van der Waals surface area contributed by atoms with Crippen LogP contribution in [-0.2, 0) is 20.9 Å². The van der Waals surface area contributed by atoms with Crippen LogP contribution in [-0.4, -0.2) is 54.4 Å². The van der Waals surface area contributed by atoms with Gasteiger partial charge in [0.2, 0.25) is 11.8 Å². The lowest BCUT2D eigenvalue weighted by molar-refractivity contribution is -0.130. The molecule has 0 fully saturated rings. The summed E-state index contributed by atoms with van der Waals surface area (Å²) in [7, 11) is 0. The van der Waals surface area contributed by atoms with E-state index >= 15 is 0 Å². The molecule has 0 bridgehead atoms. The summed E-state index contributed by atoms with van der Waals surface area (Å²) in [5, 5.41) is 18.2. The molecule has 0 aromatic heterocycles. The summed E-state index contributed by atoms with van der Waals surface area (Å²) in [5.74, 6) is 0.0702. The maximum absolute atomic E-state index is 13.1. The van der Waals surface area contributed by atoms with E-state index in [4.69, 9.17) is 9.47 Å². The Morgan fingerprint density at radius 3 is 2.26 bits per heavy atom. The number of unbranched alkanes of at least 4 members (excludes halogenated alkanes) is 1. The Labute approximate surface area is 231 Å². The number of rotatable bonds is 16. The molecule has 2 aromatic carbocycles. The average molecular weight is 542 g/mol. The predicted molar refractivity (Wildman–Crippen MR) is 150 cm³/mol. The predicted octanol–water partition coefficient (Wildman–Crippen LogP) is 3.87. The van der Waals surface area contributed by atoms with Gasteiger partial charge in [0.25, 0.3) is 0 Å². The monoisotopic (exact) mass is 541 g/mol. The first-order valence-corrected chi connectivity index (χ1v) is 13.6. The number of carbonyl (C=O) groups excluding carboxylic acids is 3. The van der Waals surface area contributed by atoms with Gasteiger partial charge in [-0.25, -0.2) is 4.79 Å². The highest BCUT2D eigenvalue weighted by Crippen LogP contribution is 2.13. The van der Waals surface area contributed by atoms with Gasteiger partial charge in [-0.05, 0) is 63.1 Å². The third kappa shape index (κ3) is 13.2. The Morgan fingerprint density at radius 1 is 0.923 bits per heavy atom. The number of aliphatic hydroxyl groups excluding tert-OH is 1. The summed E-state index contributed by atoms with van der Waals surface area (Å²) < 4.78 is 10.9. The minimum Gasteiger partial charge on any atom is -0.494 e. The number of amides is 3. The lowest BCUT2D eigenvalue weighted by Crippen LogP contribution is -2.53. The Hall–Kier alpha value is -3.59. The minimum atomic E-state index is -0.800. The second-order valence-electron chi connectivity index (χ2n) is 10.2. The van der Waals surface area contributed by atoms with E-state index in [1.54, 1.807) is 6.92 Å². The van der Waals surface area contributed by atoms with Crippen LogP contribution in [0, 0.1) is 12.8 Å². The number of alkyl carbamates (subject to hydrolysis) is 1. The van der Waals surface area contributed by atoms with Crippen molar-refractivity contribution in [1.29, 1.82) is 0 Å². The highest BCUT2D eigenvalue weighted by Gasteiger charge is 2.26. The highest BCUT2D eigenvalue weighted by molar-refractivity contribution is 5.89. The first-order chi connectivity index (χ1) is 18.6. The van der Waals surface area contributed by atoms with Gasteiger partial charge in [0.1, 0.15) is 24.9 Å². The van der Waals surface area contributed by atoms with Crippen molar-refractivity contribution in [2.45, 2.75) is 78.2 Å². The van der Waals surface area contributed by atoms with Crippen molar-refractivity contribution in [3.63, 3.8) is 0 Å². The Balaban J connectivity index is 1.78. The third-order valence-corrected chi connectivity index (χ3v) is 6.07. The van der Waals surface area contributed by atoms with E-state index in [2.05, 4.69) is 16.0 Å². The van der Waals surface area contributed by atoms with Gasteiger partial charge in [-0.2, -0.15) is 0 Å². The van der Waals surface area contributed by atoms with Crippen LogP contribution in [0.5, 0.6) is 5.75 Å². The van der Waals surface area contributed by atoms with Gasteiger partial charge in [0, 0.05) is 0 Å². The van der Waals surface area contributed by atoms with Crippen molar-refractivity contribution < 1.29 is 29.0 Å². The lowest BCUT2D eigenvalue weighted by Gasteiger charge is -2.26. The molecule has 214 valence electrons. The third-order valence-electron chi connectivity index (χ3n) is 6.07. The Morgan fingerprint density at radius 2 is 1.62 bits per heavy atom. The van der Waals surface area contributed by atoms with Crippen LogP contribution < -0.4 is 20.7 Å². The molecule has 3 atom stereocenters. The standard InChI is InChI=1S/C30H43N3O6/c1-21(2)18-27(32-28(35)19-31-30(37)39-20-24-10-6-5-7-11-24)29(36)33-26(23(4)34)12-8-9-17-38-25-15-13-22(3)14-16-25/h5-7,10-11,13-16,21,23,26-27,34H,8-9,12,17-20H2,1-4H3,(H,31,37)(H,32,35)(H,33,36)/t23?,26-,27-/m0/s1. The van der Waals surface area contributed by atoms with E-state index in [0.717, 1.165) is 24.2 Å². The maximum atomic E-state index is 13.1. The molecule has 0 spiro atoms. The van der Waals surface area contributed by atoms with Crippen molar-refractivity contribution >= 4 is 17.9 Å². The van der Waals surface area contributed by atoms with Crippen molar-refractivity contribution in [3.05, 3.63) is 65.7 Å². The molecular weight excluding hydrogens is 498 g/mol. The van der Waals surface area contributed by atoms with E-state index in [0.29, 0.717) is 19.4 Å². The van der Waals surface area contributed by atoms with E-state index in [-0.39, 0.29) is 25.0 Å². The Kier molecular flexibility index (Phi) is 13.9. The molecule has 2 aromatic rings. The molecule has 1 unspecified atom stereocenters. The van der Waals surface area contributed by atoms with Crippen LogP contribution in [0.25, 0.3) is 0 Å². The minimum absolute atomic E-state index is 0.0888. The summed E-state index contributed by atoms with van der Waals surface area (Å²) in [6.07, 6.45) is 1.01. The zero-order chi connectivity index (χ0) is 28.6. The zero-order valence-electron chi connectivity index (χ0n) is 23.4. The largest absolute Gasteiger partial charge is 0.494 e. The molecular formula is C30H43N3O6.